The van der Waals surface area contributed by atoms with Crippen molar-refractivity contribution in [3.05, 3.63) is 52.3 Å². The number of methoxy groups -OCH3 is 1. The summed E-state index contributed by atoms with van der Waals surface area (Å²) in [5, 5.41) is 3.51. The molecule has 0 aliphatic carbocycles. The monoisotopic (exact) mass is 521 g/mol. The fourth-order valence-electron chi connectivity index (χ4n) is 3.14. The van der Waals surface area contributed by atoms with Crippen LogP contribution in [0.25, 0.3) is 0 Å². The summed E-state index contributed by atoms with van der Waals surface area (Å²) in [6, 6.07) is 8.00. The Morgan fingerprint density at radius 1 is 1.20 bits per heavy atom. The third kappa shape index (κ3) is 8.57. The summed E-state index contributed by atoms with van der Waals surface area (Å²) >= 11 is 3.62. The minimum atomic E-state index is 0. The van der Waals surface area contributed by atoms with Crippen molar-refractivity contribution < 1.29 is 14.2 Å². The number of nitrogens with one attached hydrogen (secondary N) is 1. The van der Waals surface area contributed by atoms with Crippen molar-refractivity contribution in [3.8, 4) is 11.5 Å². The van der Waals surface area contributed by atoms with Gasteiger partial charge in [0.05, 0.1) is 24.8 Å². The zero-order valence-corrected chi connectivity index (χ0v) is 20.4. The molecule has 1 N–H and O–H groups in total. The second-order valence-corrected chi connectivity index (χ2v) is 7.60. The molecule has 1 aromatic carbocycles. The van der Waals surface area contributed by atoms with Crippen molar-refractivity contribution in [2.45, 2.75) is 19.6 Å². The van der Waals surface area contributed by atoms with Gasteiger partial charge in [-0.05, 0) is 59.2 Å². The smallest absolute Gasteiger partial charge is 0.175 e. The van der Waals surface area contributed by atoms with Crippen LogP contribution in [0, 0.1) is 0 Å². The molecule has 1 aliphatic heterocycles. The summed E-state index contributed by atoms with van der Waals surface area (Å²) in [5.41, 5.74) is 2.17. The van der Waals surface area contributed by atoms with Crippen LogP contribution in [-0.4, -0.2) is 56.4 Å². The van der Waals surface area contributed by atoms with Gasteiger partial charge in [0.25, 0.3) is 0 Å². The lowest BCUT2D eigenvalue weighted by Gasteiger charge is -2.26. The van der Waals surface area contributed by atoms with Crippen molar-refractivity contribution in [1.82, 2.24) is 15.2 Å². The molecule has 9 heteroatoms. The summed E-state index contributed by atoms with van der Waals surface area (Å²) in [5.74, 6) is 1.44. The van der Waals surface area contributed by atoms with Crippen LogP contribution in [0.5, 0.6) is 11.5 Å². The molecule has 168 valence electrons. The summed E-state index contributed by atoms with van der Waals surface area (Å²) in [6.45, 7) is 7.14. The summed E-state index contributed by atoms with van der Waals surface area (Å²) in [4.78, 5) is 6.57. The molecule has 3 rings (SSSR count). The number of pyridine rings is 1. The first-order valence-electron chi connectivity index (χ1n) is 9.65. The lowest BCUT2D eigenvalue weighted by Crippen LogP contribution is -2.37. The second-order valence-electron chi connectivity index (χ2n) is 6.74. The van der Waals surface area contributed by atoms with Gasteiger partial charge in [-0.3, -0.25) is 9.88 Å². The fourth-order valence-corrected chi connectivity index (χ4v) is 3.74. The highest BCUT2D eigenvalue weighted by Gasteiger charge is 2.13. The Balaban J connectivity index is 0.00000225. The molecule has 1 aromatic heterocycles. The zero-order chi connectivity index (χ0) is 19.6. The maximum atomic E-state index is 5.96. The molecule has 30 heavy (non-hydrogen) atoms. The van der Waals surface area contributed by atoms with Crippen LogP contribution in [0.1, 0.15) is 17.5 Å². The van der Waals surface area contributed by atoms with Gasteiger partial charge >= 0.3 is 0 Å². The van der Waals surface area contributed by atoms with E-state index < -0.39 is 0 Å². The molecule has 1 aliphatic rings. The lowest BCUT2D eigenvalue weighted by atomic mass is 10.2. The van der Waals surface area contributed by atoms with E-state index in [1.165, 1.54) is 0 Å². The van der Waals surface area contributed by atoms with Crippen LogP contribution in [0.4, 0.5) is 0 Å². The zero-order valence-electron chi connectivity index (χ0n) is 17.1. The van der Waals surface area contributed by atoms with Gasteiger partial charge < -0.3 is 19.5 Å². The van der Waals surface area contributed by atoms with Crippen LogP contribution in [0.3, 0.4) is 0 Å². The quantitative estimate of drug-likeness (QED) is 0.474. The van der Waals surface area contributed by atoms with E-state index in [-0.39, 0.29) is 24.8 Å². The Morgan fingerprint density at radius 2 is 2.00 bits per heavy atom. The normalized spacial score (nSPS) is 13.8. The molecule has 0 amide bonds. The van der Waals surface area contributed by atoms with Crippen molar-refractivity contribution in [1.29, 1.82) is 0 Å². The van der Waals surface area contributed by atoms with Gasteiger partial charge in [-0.25, -0.2) is 0 Å². The van der Waals surface area contributed by atoms with Crippen molar-refractivity contribution in [2.24, 2.45) is 0 Å². The predicted octanol–water partition coefficient (Wildman–Crippen LogP) is 4.09. The highest BCUT2D eigenvalue weighted by atomic mass is 79.9. The van der Waals surface area contributed by atoms with Gasteiger partial charge in [0, 0.05) is 37.6 Å². The molecule has 0 unspecified atom stereocenters. The molecule has 0 radical (unpaired) electrons. The third-order valence-electron chi connectivity index (χ3n) is 4.66. The lowest BCUT2D eigenvalue weighted by molar-refractivity contribution is 0.0374. The Hall–Kier alpha value is -1.09. The first-order chi connectivity index (χ1) is 13.8. The first kappa shape index (κ1) is 26.9. The number of ether oxygens (including phenoxy) is 3. The summed E-state index contributed by atoms with van der Waals surface area (Å²) < 4.78 is 17.8. The SMILES string of the molecule is COc1cc(CNCCCN2CCOCC2)cc(Br)c1OCc1cccnc1.Cl.Cl. The van der Waals surface area contributed by atoms with Crippen molar-refractivity contribution in [3.63, 3.8) is 0 Å². The molecule has 0 saturated carbocycles. The number of morpholine rings is 1. The summed E-state index contributed by atoms with van der Waals surface area (Å²) in [6.07, 6.45) is 4.68. The second kappa shape index (κ2) is 14.8. The van der Waals surface area contributed by atoms with E-state index >= 15 is 0 Å². The van der Waals surface area contributed by atoms with Gasteiger partial charge in [-0.2, -0.15) is 0 Å². The molecule has 0 bridgehead atoms. The molecule has 2 heterocycles. The van der Waals surface area contributed by atoms with Gasteiger partial charge in [-0.15, -0.1) is 24.8 Å². The van der Waals surface area contributed by atoms with Gasteiger partial charge in [0.1, 0.15) is 6.61 Å². The van der Waals surface area contributed by atoms with E-state index in [0.29, 0.717) is 12.4 Å². The van der Waals surface area contributed by atoms with E-state index in [1.54, 1.807) is 19.5 Å². The molecule has 6 nitrogen and oxygen atoms in total. The molecular formula is C21H30BrCl2N3O3. The van der Waals surface area contributed by atoms with Gasteiger partial charge in [0.2, 0.25) is 0 Å². The number of hydrogen-bond donors (Lipinski definition) is 1. The Bertz CT molecular complexity index is 735. The van der Waals surface area contributed by atoms with Crippen LogP contribution in [-0.2, 0) is 17.9 Å². The maximum Gasteiger partial charge on any atom is 0.175 e. The number of rotatable bonds is 10. The third-order valence-corrected chi connectivity index (χ3v) is 5.24. The van der Waals surface area contributed by atoms with Crippen LogP contribution < -0.4 is 14.8 Å². The topological polar surface area (TPSA) is 55.9 Å². The molecule has 0 spiro atoms. The van der Waals surface area contributed by atoms with E-state index in [9.17, 15) is 0 Å². The maximum absolute atomic E-state index is 5.96. The fraction of sp³-hybridized carbons (Fsp3) is 0.476. The van der Waals surface area contributed by atoms with Gasteiger partial charge in [-0.1, -0.05) is 6.07 Å². The molecular weight excluding hydrogens is 493 g/mol. The van der Waals surface area contributed by atoms with Gasteiger partial charge in [0.15, 0.2) is 11.5 Å². The molecule has 1 fully saturated rings. The first-order valence-corrected chi connectivity index (χ1v) is 10.4. The number of hydrogen-bond acceptors (Lipinski definition) is 6. The van der Waals surface area contributed by atoms with Crippen LogP contribution in [0.2, 0.25) is 0 Å². The highest BCUT2D eigenvalue weighted by molar-refractivity contribution is 9.10. The van der Waals surface area contributed by atoms with Crippen molar-refractivity contribution >= 4 is 40.7 Å². The number of halogens is 3. The molecule has 1 saturated heterocycles. The van der Waals surface area contributed by atoms with E-state index in [0.717, 1.165) is 73.7 Å². The van der Waals surface area contributed by atoms with Crippen molar-refractivity contribution in [2.75, 3.05) is 46.5 Å². The average Bonchev–Trinajstić information content (AvgIpc) is 2.74. The largest absolute Gasteiger partial charge is 0.493 e. The number of benzene rings is 1. The highest BCUT2D eigenvalue weighted by Crippen LogP contribution is 2.37. The van der Waals surface area contributed by atoms with Crippen LogP contribution >= 0.6 is 40.7 Å². The minimum Gasteiger partial charge on any atom is -0.493 e. The molecule has 2 aromatic rings. The Kier molecular flexibility index (Phi) is 13.3. The van der Waals surface area contributed by atoms with E-state index in [4.69, 9.17) is 14.2 Å². The number of nitrogens with zero attached hydrogens (tertiary/aromatic N) is 2. The number of aromatic nitrogens is 1. The Morgan fingerprint density at radius 3 is 2.70 bits per heavy atom. The van der Waals surface area contributed by atoms with E-state index in [2.05, 4.69) is 37.2 Å². The van der Waals surface area contributed by atoms with Crippen LogP contribution in [0.15, 0.2) is 41.1 Å². The Labute approximate surface area is 199 Å². The van der Waals surface area contributed by atoms with E-state index in [1.807, 2.05) is 18.2 Å². The minimum absolute atomic E-state index is 0. The molecule has 0 atom stereocenters. The predicted molar refractivity (Wildman–Crippen MR) is 127 cm³/mol. The standard InChI is InChI=1S/C21H28BrN3O3.2ClH/c1-26-20-13-18(15-24-6-3-7-25-8-10-27-11-9-25)12-19(22)21(20)28-16-17-4-2-5-23-14-17;;/h2,4-5,12-14,24H,3,6-11,15-16H2,1H3;2*1H. The summed E-state index contributed by atoms with van der Waals surface area (Å²) in [7, 11) is 1.66. The average molecular weight is 523 g/mol.